The second kappa shape index (κ2) is 6.60. The van der Waals surface area contributed by atoms with Crippen molar-refractivity contribution in [2.75, 3.05) is 6.61 Å². The van der Waals surface area contributed by atoms with Gasteiger partial charge in [0.2, 0.25) is 0 Å². The van der Waals surface area contributed by atoms with Crippen LogP contribution in [0.3, 0.4) is 0 Å². The highest BCUT2D eigenvalue weighted by Gasteiger charge is 2.08. The summed E-state index contributed by atoms with van der Waals surface area (Å²) in [5.41, 5.74) is 0.684. The molecule has 0 atom stereocenters. The van der Waals surface area contributed by atoms with Gasteiger partial charge in [0.1, 0.15) is 10.8 Å². The van der Waals surface area contributed by atoms with E-state index >= 15 is 0 Å². The van der Waals surface area contributed by atoms with Crippen molar-refractivity contribution in [3.8, 4) is 5.75 Å². The van der Waals surface area contributed by atoms with Crippen LogP contribution in [0.1, 0.15) is 16.8 Å². The summed E-state index contributed by atoms with van der Waals surface area (Å²) in [5, 5.41) is 0.810. The van der Waals surface area contributed by atoms with Gasteiger partial charge in [-0.05, 0) is 12.1 Å². The number of rotatable bonds is 5. The van der Waals surface area contributed by atoms with Gasteiger partial charge in [0.05, 0.1) is 11.6 Å². The van der Waals surface area contributed by atoms with Gasteiger partial charge in [0.25, 0.3) is 0 Å². The highest BCUT2D eigenvalue weighted by atomic mass is 35.5. The summed E-state index contributed by atoms with van der Waals surface area (Å²) in [6.07, 6.45) is 0.298. The fourth-order valence-corrected chi connectivity index (χ4v) is 1.96. The van der Waals surface area contributed by atoms with Crippen molar-refractivity contribution >= 4 is 29.0 Å². The topological polar surface area (TPSA) is 26.3 Å². The van der Waals surface area contributed by atoms with Crippen molar-refractivity contribution in [1.82, 2.24) is 0 Å². The van der Waals surface area contributed by atoms with Crippen molar-refractivity contribution < 1.29 is 9.53 Å². The molecule has 2 aromatic carbocycles. The van der Waals surface area contributed by atoms with E-state index in [-0.39, 0.29) is 12.4 Å². The number of ether oxygens (including phenoxy) is 1. The summed E-state index contributed by atoms with van der Waals surface area (Å²) in [4.78, 5) is 11.8. The van der Waals surface area contributed by atoms with Gasteiger partial charge in [-0.3, -0.25) is 4.79 Å². The smallest absolute Gasteiger partial charge is 0.166 e. The Morgan fingerprint density at radius 1 is 1.00 bits per heavy atom. The van der Waals surface area contributed by atoms with Crippen molar-refractivity contribution in [3.05, 3.63) is 64.1 Å². The standard InChI is InChI=1S/C15H12Cl2O2/c16-12-7-4-8-14(15(12)17)19-10-9-13(18)11-5-2-1-3-6-11/h1-8H,9-10H2. The maximum Gasteiger partial charge on any atom is 0.166 e. The zero-order chi connectivity index (χ0) is 13.7. The molecule has 0 aromatic heterocycles. The van der Waals surface area contributed by atoms with Crippen LogP contribution >= 0.6 is 23.2 Å². The number of benzene rings is 2. The summed E-state index contributed by atoms with van der Waals surface area (Å²) >= 11 is 11.9. The largest absolute Gasteiger partial charge is 0.491 e. The minimum Gasteiger partial charge on any atom is -0.491 e. The molecule has 0 amide bonds. The maximum absolute atomic E-state index is 11.8. The highest BCUT2D eigenvalue weighted by Crippen LogP contribution is 2.31. The van der Waals surface area contributed by atoms with Crippen LogP contribution < -0.4 is 4.74 Å². The molecular formula is C15H12Cl2O2. The molecule has 0 aliphatic rings. The quantitative estimate of drug-likeness (QED) is 0.751. The zero-order valence-corrected chi connectivity index (χ0v) is 11.6. The van der Waals surface area contributed by atoms with Crippen LogP contribution in [0.4, 0.5) is 0 Å². The van der Waals surface area contributed by atoms with Gasteiger partial charge in [-0.25, -0.2) is 0 Å². The Labute approximate surface area is 121 Å². The van der Waals surface area contributed by atoms with Gasteiger partial charge >= 0.3 is 0 Å². The first-order valence-corrected chi connectivity index (χ1v) is 6.59. The Morgan fingerprint density at radius 2 is 1.74 bits per heavy atom. The summed E-state index contributed by atoms with van der Waals surface area (Å²) < 4.78 is 5.47. The van der Waals surface area contributed by atoms with Gasteiger partial charge in [-0.1, -0.05) is 59.6 Å². The molecule has 0 aliphatic carbocycles. The monoisotopic (exact) mass is 294 g/mol. The van der Waals surface area contributed by atoms with Crippen LogP contribution in [0.5, 0.6) is 5.75 Å². The predicted molar refractivity (Wildman–Crippen MR) is 77.3 cm³/mol. The molecule has 2 nitrogen and oxygen atoms in total. The second-order valence-corrected chi connectivity index (χ2v) is 4.72. The molecule has 0 unspecified atom stereocenters. The van der Waals surface area contributed by atoms with Crippen LogP contribution in [-0.2, 0) is 0 Å². The van der Waals surface area contributed by atoms with E-state index in [2.05, 4.69) is 0 Å². The normalized spacial score (nSPS) is 10.2. The van der Waals surface area contributed by atoms with Gasteiger partial charge < -0.3 is 4.74 Å². The Hall–Kier alpha value is -1.51. The molecule has 2 aromatic rings. The number of Topliss-reactive ketones (excluding diaryl/α,β-unsaturated/α-hetero) is 1. The molecule has 0 saturated carbocycles. The third kappa shape index (κ3) is 3.72. The van der Waals surface area contributed by atoms with Crippen LogP contribution in [0.2, 0.25) is 10.0 Å². The van der Waals surface area contributed by atoms with E-state index in [1.54, 1.807) is 30.3 Å². The van der Waals surface area contributed by atoms with Crippen LogP contribution in [0, 0.1) is 0 Å². The molecule has 0 radical (unpaired) electrons. The lowest BCUT2D eigenvalue weighted by Crippen LogP contribution is -2.06. The van der Waals surface area contributed by atoms with E-state index < -0.39 is 0 Å². The minimum atomic E-state index is 0.0405. The van der Waals surface area contributed by atoms with Gasteiger partial charge in [0, 0.05) is 12.0 Å². The lowest BCUT2D eigenvalue weighted by molar-refractivity contribution is 0.0962. The molecule has 0 N–H and O–H groups in total. The van der Waals surface area contributed by atoms with E-state index in [0.29, 0.717) is 27.8 Å². The number of halogens is 2. The number of hydrogen-bond donors (Lipinski definition) is 0. The predicted octanol–water partition coefficient (Wildman–Crippen LogP) is 4.65. The van der Waals surface area contributed by atoms with Crippen LogP contribution in [0.25, 0.3) is 0 Å². The highest BCUT2D eigenvalue weighted by molar-refractivity contribution is 6.42. The molecular weight excluding hydrogens is 283 g/mol. The van der Waals surface area contributed by atoms with E-state index in [9.17, 15) is 4.79 Å². The van der Waals surface area contributed by atoms with Gasteiger partial charge in [0.15, 0.2) is 5.78 Å². The average molecular weight is 295 g/mol. The SMILES string of the molecule is O=C(CCOc1cccc(Cl)c1Cl)c1ccccc1. The number of carbonyl (C=O) groups is 1. The minimum absolute atomic E-state index is 0.0405. The zero-order valence-electron chi connectivity index (χ0n) is 10.1. The van der Waals surface area contributed by atoms with Crippen LogP contribution in [-0.4, -0.2) is 12.4 Å². The third-order valence-corrected chi connectivity index (χ3v) is 3.40. The van der Waals surface area contributed by atoms with Gasteiger partial charge in [-0.2, -0.15) is 0 Å². The first-order chi connectivity index (χ1) is 9.18. The molecule has 0 aliphatic heterocycles. The van der Waals surface area contributed by atoms with E-state index in [4.69, 9.17) is 27.9 Å². The summed E-state index contributed by atoms with van der Waals surface area (Å²) in [7, 11) is 0. The molecule has 19 heavy (non-hydrogen) atoms. The fourth-order valence-electron chi connectivity index (χ4n) is 1.62. The van der Waals surface area contributed by atoms with Crippen molar-refractivity contribution in [1.29, 1.82) is 0 Å². The Bertz CT molecular complexity index is 568. The van der Waals surface area contributed by atoms with Crippen molar-refractivity contribution in [2.24, 2.45) is 0 Å². The average Bonchev–Trinajstić information content (AvgIpc) is 2.44. The van der Waals surface area contributed by atoms with Crippen molar-refractivity contribution in [2.45, 2.75) is 6.42 Å². The molecule has 0 heterocycles. The number of ketones is 1. The Morgan fingerprint density at radius 3 is 2.47 bits per heavy atom. The van der Waals surface area contributed by atoms with Crippen molar-refractivity contribution in [3.63, 3.8) is 0 Å². The molecule has 0 saturated heterocycles. The summed E-state index contributed by atoms with van der Waals surface area (Å²) in [6.45, 7) is 0.272. The Balaban J connectivity index is 1.90. The van der Waals surface area contributed by atoms with Gasteiger partial charge in [-0.15, -0.1) is 0 Å². The molecule has 4 heteroatoms. The molecule has 0 bridgehead atoms. The first-order valence-electron chi connectivity index (χ1n) is 5.83. The first kappa shape index (κ1) is 13.9. The van der Waals surface area contributed by atoms with E-state index in [1.165, 1.54) is 0 Å². The molecule has 2 rings (SSSR count). The summed E-state index contributed by atoms with van der Waals surface area (Å²) in [6, 6.07) is 14.3. The molecule has 0 spiro atoms. The molecule has 98 valence electrons. The lowest BCUT2D eigenvalue weighted by atomic mass is 10.1. The third-order valence-electron chi connectivity index (χ3n) is 2.60. The van der Waals surface area contributed by atoms with E-state index in [0.717, 1.165) is 0 Å². The second-order valence-electron chi connectivity index (χ2n) is 3.94. The number of hydrogen-bond acceptors (Lipinski definition) is 2. The number of carbonyl (C=O) groups excluding carboxylic acids is 1. The fraction of sp³-hybridized carbons (Fsp3) is 0.133. The summed E-state index contributed by atoms with van der Waals surface area (Å²) in [5.74, 6) is 0.536. The maximum atomic E-state index is 11.8. The van der Waals surface area contributed by atoms with Crippen LogP contribution in [0.15, 0.2) is 48.5 Å². The van der Waals surface area contributed by atoms with E-state index in [1.807, 2.05) is 18.2 Å². The Kier molecular flexibility index (Phi) is 4.83. The molecule has 0 fully saturated rings. The lowest BCUT2D eigenvalue weighted by Gasteiger charge is -2.08.